The second-order valence-corrected chi connectivity index (χ2v) is 6.56. The third-order valence-corrected chi connectivity index (χ3v) is 4.80. The highest BCUT2D eigenvalue weighted by molar-refractivity contribution is 6.33. The molecule has 0 unspecified atom stereocenters. The van der Waals surface area contributed by atoms with Gasteiger partial charge >= 0.3 is 0 Å². The van der Waals surface area contributed by atoms with Crippen molar-refractivity contribution in [3.05, 3.63) is 29.3 Å². The highest BCUT2D eigenvalue weighted by atomic mass is 35.5. The quantitative estimate of drug-likeness (QED) is 0.889. The maximum absolute atomic E-state index is 12.0. The van der Waals surface area contributed by atoms with Gasteiger partial charge in [-0.15, -0.1) is 0 Å². The van der Waals surface area contributed by atoms with Crippen LogP contribution in [0.4, 0.5) is 5.69 Å². The normalized spacial score (nSPS) is 22.3. The van der Waals surface area contributed by atoms with E-state index in [9.17, 15) is 4.79 Å². The number of hydrogen-bond acceptors (Lipinski definition) is 4. The van der Waals surface area contributed by atoms with Gasteiger partial charge in [-0.1, -0.05) is 23.7 Å². The third-order valence-electron chi connectivity index (χ3n) is 4.48. The molecule has 2 fully saturated rings. The molecule has 0 spiro atoms. The minimum Gasteiger partial charge on any atom is -0.376 e. The molecule has 23 heavy (non-hydrogen) atoms. The smallest absolute Gasteiger partial charge is 0.234 e. The Morgan fingerprint density at radius 1 is 1.26 bits per heavy atom. The van der Waals surface area contributed by atoms with Gasteiger partial charge in [-0.2, -0.15) is 0 Å². The van der Waals surface area contributed by atoms with E-state index in [1.54, 1.807) is 0 Å². The fourth-order valence-electron chi connectivity index (χ4n) is 3.15. The lowest BCUT2D eigenvalue weighted by Gasteiger charge is -2.36. The molecule has 6 heteroatoms. The van der Waals surface area contributed by atoms with E-state index in [2.05, 4.69) is 15.1 Å². The van der Waals surface area contributed by atoms with Gasteiger partial charge in [0.05, 0.1) is 23.4 Å². The van der Waals surface area contributed by atoms with E-state index < -0.39 is 0 Å². The van der Waals surface area contributed by atoms with E-state index in [4.69, 9.17) is 16.3 Å². The second kappa shape index (κ2) is 7.99. The Morgan fingerprint density at radius 2 is 2.04 bits per heavy atom. The van der Waals surface area contributed by atoms with Crippen molar-refractivity contribution in [3.63, 3.8) is 0 Å². The highest BCUT2D eigenvalue weighted by Gasteiger charge is 2.21. The molecule has 0 bridgehead atoms. The number of hydrogen-bond donors (Lipinski definition) is 1. The zero-order valence-corrected chi connectivity index (χ0v) is 14.1. The number of rotatable bonds is 5. The van der Waals surface area contributed by atoms with Crippen molar-refractivity contribution < 1.29 is 9.53 Å². The Morgan fingerprint density at radius 3 is 2.74 bits per heavy atom. The molecule has 1 aromatic rings. The van der Waals surface area contributed by atoms with Gasteiger partial charge < -0.3 is 15.0 Å². The number of benzene rings is 1. The topological polar surface area (TPSA) is 44.8 Å². The lowest BCUT2D eigenvalue weighted by Crippen LogP contribution is -2.50. The number of halogens is 1. The number of anilines is 1. The first-order valence-corrected chi connectivity index (χ1v) is 8.70. The molecule has 0 saturated carbocycles. The van der Waals surface area contributed by atoms with Crippen molar-refractivity contribution in [1.82, 2.24) is 10.2 Å². The molecular formula is C17H24ClN3O2. The minimum atomic E-state index is 0.0895. The zero-order chi connectivity index (χ0) is 16.1. The first-order chi connectivity index (χ1) is 11.2. The molecule has 2 aliphatic heterocycles. The SMILES string of the molecule is O=C(CN1CCN(c2ccccc2Cl)CC1)NC[C@@H]1CCCO1. The van der Waals surface area contributed by atoms with E-state index in [0.717, 1.165) is 56.3 Å². The Kier molecular flexibility index (Phi) is 5.75. The van der Waals surface area contributed by atoms with Gasteiger partial charge in [-0.25, -0.2) is 0 Å². The molecule has 2 saturated heterocycles. The summed E-state index contributed by atoms with van der Waals surface area (Å²) in [5.41, 5.74) is 1.08. The van der Waals surface area contributed by atoms with Crippen LogP contribution in [0, 0.1) is 0 Å². The maximum atomic E-state index is 12.0. The number of carbonyl (C=O) groups is 1. The molecule has 126 valence electrons. The van der Waals surface area contributed by atoms with Crippen LogP contribution in [0.2, 0.25) is 5.02 Å². The molecule has 3 rings (SSSR count). The minimum absolute atomic E-state index is 0.0895. The van der Waals surface area contributed by atoms with Gasteiger partial charge in [-0.3, -0.25) is 9.69 Å². The summed E-state index contributed by atoms with van der Waals surface area (Å²) < 4.78 is 5.52. The van der Waals surface area contributed by atoms with E-state index in [0.29, 0.717) is 13.1 Å². The van der Waals surface area contributed by atoms with Crippen LogP contribution in [-0.2, 0) is 9.53 Å². The van der Waals surface area contributed by atoms with E-state index in [1.165, 1.54) is 0 Å². The van der Waals surface area contributed by atoms with Crippen molar-refractivity contribution in [2.45, 2.75) is 18.9 Å². The van der Waals surface area contributed by atoms with Crippen LogP contribution in [0.25, 0.3) is 0 Å². The van der Waals surface area contributed by atoms with Crippen molar-refractivity contribution >= 4 is 23.2 Å². The van der Waals surface area contributed by atoms with Crippen LogP contribution >= 0.6 is 11.6 Å². The van der Waals surface area contributed by atoms with Gasteiger partial charge in [0.1, 0.15) is 0 Å². The fourth-order valence-corrected chi connectivity index (χ4v) is 3.40. The largest absolute Gasteiger partial charge is 0.376 e. The Labute approximate surface area is 142 Å². The monoisotopic (exact) mass is 337 g/mol. The average Bonchev–Trinajstić information content (AvgIpc) is 3.08. The van der Waals surface area contributed by atoms with Crippen LogP contribution in [-0.4, -0.2) is 62.8 Å². The standard InChI is InChI=1S/C17H24ClN3O2/c18-15-5-1-2-6-16(15)21-9-7-20(8-10-21)13-17(22)19-12-14-4-3-11-23-14/h1-2,5-6,14H,3-4,7-13H2,(H,19,22)/t14-/m0/s1. The summed E-state index contributed by atoms with van der Waals surface area (Å²) in [5, 5.41) is 3.77. The van der Waals surface area contributed by atoms with Crippen molar-refractivity contribution in [1.29, 1.82) is 0 Å². The number of nitrogens with zero attached hydrogens (tertiary/aromatic N) is 2. The average molecular weight is 338 g/mol. The van der Waals surface area contributed by atoms with Crippen LogP contribution < -0.4 is 10.2 Å². The van der Waals surface area contributed by atoms with Crippen molar-refractivity contribution in [2.75, 3.05) is 50.8 Å². The fraction of sp³-hybridized carbons (Fsp3) is 0.588. The Balaban J connectivity index is 1.40. The van der Waals surface area contributed by atoms with Gasteiger partial charge in [-0.05, 0) is 25.0 Å². The summed E-state index contributed by atoms with van der Waals surface area (Å²) in [5.74, 6) is 0.0895. The summed E-state index contributed by atoms with van der Waals surface area (Å²) in [6.45, 7) is 5.45. The van der Waals surface area contributed by atoms with Crippen LogP contribution in [0.1, 0.15) is 12.8 Å². The molecule has 2 aliphatic rings. The number of piperazine rings is 1. The van der Waals surface area contributed by atoms with Crippen molar-refractivity contribution in [3.8, 4) is 0 Å². The van der Waals surface area contributed by atoms with Crippen LogP contribution in [0.5, 0.6) is 0 Å². The molecule has 1 atom stereocenters. The van der Waals surface area contributed by atoms with E-state index in [-0.39, 0.29) is 12.0 Å². The number of carbonyl (C=O) groups excluding carboxylic acids is 1. The summed E-state index contributed by atoms with van der Waals surface area (Å²) in [7, 11) is 0. The number of nitrogens with one attached hydrogen (secondary N) is 1. The Hall–Kier alpha value is -1.30. The molecular weight excluding hydrogens is 314 g/mol. The molecule has 5 nitrogen and oxygen atoms in total. The molecule has 1 N–H and O–H groups in total. The second-order valence-electron chi connectivity index (χ2n) is 6.15. The molecule has 1 aromatic carbocycles. The van der Waals surface area contributed by atoms with E-state index in [1.807, 2.05) is 24.3 Å². The van der Waals surface area contributed by atoms with Crippen LogP contribution in [0.15, 0.2) is 24.3 Å². The first kappa shape index (κ1) is 16.6. The van der Waals surface area contributed by atoms with Crippen molar-refractivity contribution in [2.24, 2.45) is 0 Å². The zero-order valence-electron chi connectivity index (χ0n) is 13.3. The number of ether oxygens (including phenoxy) is 1. The lowest BCUT2D eigenvalue weighted by atomic mass is 10.2. The highest BCUT2D eigenvalue weighted by Crippen LogP contribution is 2.25. The van der Waals surface area contributed by atoms with E-state index >= 15 is 0 Å². The number of amides is 1. The molecule has 0 aliphatic carbocycles. The molecule has 2 heterocycles. The van der Waals surface area contributed by atoms with Gasteiger partial charge in [0.15, 0.2) is 0 Å². The molecule has 0 aromatic heterocycles. The summed E-state index contributed by atoms with van der Waals surface area (Å²) >= 11 is 6.25. The molecule has 0 radical (unpaired) electrons. The van der Waals surface area contributed by atoms with Gasteiger partial charge in [0, 0.05) is 39.3 Å². The van der Waals surface area contributed by atoms with Gasteiger partial charge in [0.2, 0.25) is 5.91 Å². The van der Waals surface area contributed by atoms with Crippen LogP contribution in [0.3, 0.4) is 0 Å². The summed E-state index contributed by atoms with van der Waals surface area (Å²) in [6, 6.07) is 7.92. The summed E-state index contributed by atoms with van der Waals surface area (Å²) in [6.07, 6.45) is 2.36. The Bertz CT molecular complexity index is 526. The lowest BCUT2D eigenvalue weighted by molar-refractivity contribution is -0.122. The number of para-hydroxylation sites is 1. The predicted octanol–water partition coefficient (Wildman–Crippen LogP) is 1.76. The molecule has 1 amide bonds. The predicted molar refractivity (Wildman–Crippen MR) is 92.1 cm³/mol. The third kappa shape index (κ3) is 4.59. The maximum Gasteiger partial charge on any atom is 0.234 e. The summed E-state index contributed by atoms with van der Waals surface area (Å²) in [4.78, 5) is 16.5. The van der Waals surface area contributed by atoms with Gasteiger partial charge in [0.25, 0.3) is 0 Å². The first-order valence-electron chi connectivity index (χ1n) is 8.32.